The lowest BCUT2D eigenvalue weighted by Crippen LogP contribution is -2.31. The van der Waals surface area contributed by atoms with E-state index in [1.807, 2.05) is 0 Å². The summed E-state index contributed by atoms with van der Waals surface area (Å²) >= 11 is 0. The number of nitrogen functional groups attached to an aromatic ring is 1. The summed E-state index contributed by atoms with van der Waals surface area (Å²) in [7, 11) is 0. The number of anilines is 1. The number of rotatable bonds is 4. The van der Waals surface area contributed by atoms with Crippen LogP contribution < -0.4 is 16.6 Å². The van der Waals surface area contributed by atoms with Crippen molar-refractivity contribution in [2.75, 3.05) is 5.73 Å². The van der Waals surface area contributed by atoms with Gasteiger partial charge in [-0.05, 0) is 6.07 Å². The highest BCUT2D eigenvalue weighted by Gasteiger charge is 2.05. The second-order valence-corrected chi connectivity index (χ2v) is 3.70. The lowest BCUT2D eigenvalue weighted by Gasteiger charge is -2.06. The van der Waals surface area contributed by atoms with Gasteiger partial charge in [0.2, 0.25) is 5.91 Å². The van der Waals surface area contributed by atoms with Crippen LogP contribution in [0.25, 0.3) is 0 Å². The number of nitrogens with one attached hydrogen (secondary N) is 1. The average molecular weight is 248 g/mol. The fourth-order valence-corrected chi connectivity index (χ4v) is 1.40. The van der Waals surface area contributed by atoms with Crippen molar-refractivity contribution in [3.05, 3.63) is 46.7 Å². The van der Waals surface area contributed by atoms with Crippen LogP contribution in [0.5, 0.6) is 0 Å². The zero-order valence-electron chi connectivity index (χ0n) is 9.50. The number of nitrogens with zero attached hydrogens (tertiary/aromatic N) is 2. The molecule has 7 nitrogen and oxygen atoms in total. The zero-order valence-corrected chi connectivity index (χ0v) is 9.50. The minimum atomic E-state index is -0.300. The van der Waals surface area contributed by atoms with E-state index in [9.17, 15) is 9.59 Å². The molecule has 0 fully saturated rings. The molecule has 0 unspecified atom stereocenters. The molecule has 0 aliphatic carbocycles. The van der Waals surface area contributed by atoms with Crippen LogP contribution in [0.15, 0.2) is 40.0 Å². The molecule has 3 N–H and O–H groups in total. The van der Waals surface area contributed by atoms with Gasteiger partial charge in [0.1, 0.15) is 18.5 Å². The molecule has 0 aliphatic rings. The molecule has 0 bridgehead atoms. The standard InChI is InChI=1S/C11H12N4O3/c12-8-1-2-11(17)15(6-8)7-10(16)13-5-9-3-4-18-14-9/h1-4,6H,5,7,12H2,(H,13,16). The SMILES string of the molecule is Nc1ccc(=O)n(CC(=O)NCc2ccon2)c1. The number of aromatic nitrogens is 2. The summed E-state index contributed by atoms with van der Waals surface area (Å²) < 4.78 is 5.87. The van der Waals surface area contributed by atoms with Crippen LogP contribution in [0.1, 0.15) is 5.69 Å². The van der Waals surface area contributed by atoms with Crippen LogP contribution >= 0.6 is 0 Å². The number of amides is 1. The number of hydrogen-bond donors (Lipinski definition) is 2. The minimum Gasteiger partial charge on any atom is -0.398 e. The number of carbonyl (C=O) groups is 1. The lowest BCUT2D eigenvalue weighted by atomic mass is 10.4. The number of pyridine rings is 1. The molecule has 2 rings (SSSR count). The quantitative estimate of drug-likeness (QED) is 0.775. The Morgan fingerprint density at radius 3 is 3.00 bits per heavy atom. The summed E-state index contributed by atoms with van der Waals surface area (Å²) in [4.78, 5) is 23.0. The van der Waals surface area contributed by atoms with Crippen LogP contribution in [-0.4, -0.2) is 15.6 Å². The number of nitrogens with two attached hydrogens (primary N) is 1. The third-order valence-electron chi connectivity index (χ3n) is 2.28. The predicted octanol–water partition coefficient (Wildman–Crippen LogP) is -0.265. The Morgan fingerprint density at radius 1 is 1.44 bits per heavy atom. The first-order chi connectivity index (χ1) is 8.65. The Labute approximate surface area is 102 Å². The molecular formula is C11H12N4O3. The van der Waals surface area contributed by atoms with Crippen LogP contribution in [0, 0.1) is 0 Å². The second-order valence-electron chi connectivity index (χ2n) is 3.70. The first-order valence-electron chi connectivity index (χ1n) is 5.27. The van der Waals surface area contributed by atoms with Gasteiger partial charge in [-0.1, -0.05) is 5.16 Å². The molecule has 94 valence electrons. The Bertz CT molecular complexity index is 589. The van der Waals surface area contributed by atoms with Gasteiger partial charge in [-0.2, -0.15) is 0 Å². The molecule has 2 aromatic heterocycles. The monoisotopic (exact) mass is 248 g/mol. The number of hydrogen-bond acceptors (Lipinski definition) is 5. The summed E-state index contributed by atoms with van der Waals surface area (Å²) in [5.74, 6) is -0.300. The molecule has 0 spiro atoms. The highest BCUT2D eigenvalue weighted by atomic mass is 16.5. The van der Waals surface area contributed by atoms with E-state index in [0.29, 0.717) is 11.4 Å². The first-order valence-corrected chi connectivity index (χ1v) is 5.27. The molecule has 0 aliphatic heterocycles. The summed E-state index contributed by atoms with van der Waals surface area (Å²) in [5, 5.41) is 6.27. The fraction of sp³-hybridized carbons (Fsp3) is 0.182. The maximum Gasteiger partial charge on any atom is 0.251 e. The van der Waals surface area contributed by atoms with Crippen molar-refractivity contribution in [3.8, 4) is 0 Å². The molecule has 2 heterocycles. The summed E-state index contributed by atoms with van der Waals surface area (Å²) in [5.41, 5.74) is 6.31. The molecule has 7 heteroatoms. The molecule has 0 saturated carbocycles. The second kappa shape index (κ2) is 5.17. The van der Waals surface area contributed by atoms with E-state index < -0.39 is 0 Å². The number of carbonyl (C=O) groups excluding carboxylic acids is 1. The van der Waals surface area contributed by atoms with Gasteiger partial charge in [-0.25, -0.2) is 0 Å². The molecule has 18 heavy (non-hydrogen) atoms. The van der Waals surface area contributed by atoms with Crippen molar-refractivity contribution >= 4 is 11.6 Å². The first kappa shape index (κ1) is 11.9. The van der Waals surface area contributed by atoms with Crippen molar-refractivity contribution in [2.24, 2.45) is 0 Å². The van der Waals surface area contributed by atoms with Gasteiger partial charge in [0.25, 0.3) is 5.56 Å². The van der Waals surface area contributed by atoms with Gasteiger partial charge in [0, 0.05) is 24.0 Å². The summed E-state index contributed by atoms with van der Waals surface area (Å²) in [6.45, 7) is 0.175. The molecule has 0 atom stereocenters. The molecule has 0 radical (unpaired) electrons. The van der Waals surface area contributed by atoms with Gasteiger partial charge in [0.15, 0.2) is 0 Å². The van der Waals surface area contributed by atoms with Crippen LogP contribution in [0.3, 0.4) is 0 Å². The molecule has 0 saturated heterocycles. The lowest BCUT2D eigenvalue weighted by molar-refractivity contribution is -0.121. The van der Waals surface area contributed by atoms with E-state index in [0.717, 1.165) is 0 Å². The highest BCUT2D eigenvalue weighted by Crippen LogP contribution is 1.96. The Kier molecular flexibility index (Phi) is 3.42. The maximum atomic E-state index is 11.6. The molecule has 2 aromatic rings. The van der Waals surface area contributed by atoms with Gasteiger partial charge in [-0.15, -0.1) is 0 Å². The van der Waals surface area contributed by atoms with E-state index in [2.05, 4.69) is 15.0 Å². The summed E-state index contributed by atoms with van der Waals surface area (Å²) in [6, 6.07) is 4.46. The van der Waals surface area contributed by atoms with E-state index in [-0.39, 0.29) is 24.6 Å². The minimum absolute atomic E-state index is 0.0816. The third kappa shape index (κ3) is 2.97. The van der Waals surface area contributed by atoms with Crippen molar-refractivity contribution < 1.29 is 9.32 Å². The van der Waals surface area contributed by atoms with E-state index in [1.54, 1.807) is 6.07 Å². The van der Waals surface area contributed by atoms with E-state index >= 15 is 0 Å². The van der Waals surface area contributed by atoms with E-state index in [1.165, 1.54) is 29.2 Å². The van der Waals surface area contributed by atoms with Crippen LogP contribution in [0.2, 0.25) is 0 Å². The predicted molar refractivity (Wildman–Crippen MR) is 63.5 cm³/mol. The Morgan fingerprint density at radius 2 is 2.28 bits per heavy atom. The van der Waals surface area contributed by atoms with Crippen LogP contribution in [-0.2, 0) is 17.9 Å². The topological polar surface area (TPSA) is 103 Å². The van der Waals surface area contributed by atoms with Gasteiger partial charge in [-0.3, -0.25) is 9.59 Å². The largest absolute Gasteiger partial charge is 0.398 e. The highest BCUT2D eigenvalue weighted by molar-refractivity contribution is 5.75. The summed E-state index contributed by atoms with van der Waals surface area (Å²) in [6.07, 6.45) is 2.85. The Hall–Kier alpha value is -2.57. The van der Waals surface area contributed by atoms with Crippen molar-refractivity contribution in [2.45, 2.75) is 13.1 Å². The van der Waals surface area contributed by atoms with Crippen molar-refractivity contribution in [1.82, 2.24) is 15.0 Å². The van der Waals surface area contributed by atoms with Crippen LogP contribution in [0.4, 0.5) is 5.69 Å². The van der Waals surface area contributed by atoms with Crippen molar-refractivity contribution in [1.29, 1.82) is 0 Å². The fourth-order valence-electron chi connectivity index (χ4n) is 1.40. The normalized spacial score (nSPS) is 10.2. The molecule has 1 amide bonds. The van der Waals surface area contributed by atoms with E-state index in [4.69, 9.17) is 5.73 Å². The molecular weight excluding hydrogens is 236 g/mol. The maximum absolute atomic E-state index is 11.6. The Balaban J connectivity index is 1.95. The average Bonchev–Trinajstić information content (AvgIpc) is 2.84. The van der Waals surface area contributed by atoms with Gasteiger partial charge >= 0.3 is 0 Å². The van der Waals surface area contributed by atoms with Gasteiger partial charge < -0.3 is 20.1 Å². The molecule has 0 aromatic carbocycles. The zero-order chi connectivity index (χ0) is 13.0. The van der Waals surface area contributed by atoms with Gasteiger partial charge in [0.05, 0.1) is 6.54 Å². The smallest absolute Gasteiger partial charge is 0.251 e. The van der Waals surface area contributed by atoms with Crippen molar-refractivity contribution in [3.63, 3.8) is 0 Å². The third-order valence-corrected chi connectivity index (χ3v) is 2.28.